The van der Waals surface area contributed by atoms with Gasteiger partial charge in [0.1, 0.15) is 11.6 Å². The van der Waals surface area contributed by atoms with Crippen molar-refractivity contribution in [2.45, 2.75) is 6.42 Å². The highest BCUT2D eigenvalue weighted by Gasteiger charge is 2.02. The SMILES string of the molecule is Nc1ccccc1CCOc1ccc(Br)c(F)c1. The van der Waals surface area contributed by atoms with Crippen molar-refractivity contribution in [1.82, 2.24) is 0 Å². The lowest BCUT2D eigenvalue weighted by Crippen LogP contribution is -2.03. The number of para-hydroxylation sites is 1. The number of anilines is 1. The summed E-state index contributed by atoms with van der Waals surface area (Å²) in [6, 6.07) is 12.4. The Hall–Kier alpha value is -1.55. The first-order chi connectivity index (χ1) is 8.66. The zero-order valence-electron chi connectivity index (χ0n) is 9.70. The maximum atomic E-state index is 13.2. The molecule has 0 spiro atoms. The van der Waals surface area contributed by atoms with Crippen molar-refractivity contribution in [1.29, 1.82) is 0 Å². The molecule has 0 fully saturated rings. The molecule has 2 aromatic rings. The van der Waals surface area contributed by atoms with Crippen LogP contribution in [0.4, 0.5) is 10.1 Å². The third kappa shape index (κ3) is 3.23. The topological polar surface area (TPSA) is 35.2 Å². The summed E-state index contributed by atoms with van der Waals surface area (Å²) in [5.41, 5.74) is 7.61. The predicted molar refractivity (Wildman–Crippen MR) is 74.2 cm³/mol. The predicted octanol–water partition coefficient (Wildman–Crippen LogP) is 3.79. The summed E-state index contributed by atoms with van der Waals surface area (Å²) in [6.45, 7) is 0.468. The van der Waals surface area contributed by atoms with Gasteiger partial charge < -0.3 is 10.5 Å². The number of hydrogen-bond acceptors (Lipinski definition) is 2. The molecule has 0 saturated heterocycles. The van der Waals surface area contributed by atoms with E-state index in [1.165, 1.54) is 6.07 Å². The van der Waals surface area contributed by atoms with Crippen molar-refractivity contribution in [3.63, 3.8) is 0 Å². The maximum Gasteiger partial charge on any atom is 0.141 e. The van der Waals surface area contributed by atoms with E-state index in [9.17, 15) is 4.39 Å². The van der Waals surface area contributed by atoms with Gasteiger partial charge in [-0.25, -0.2) is 4.39 Å². The lowest BCUT2D eigenvalue weighted by molar-refractivity contribution is 0.320. The highest BCUT2D eigenvalue weighted by atomic mass is 79.9. The Labute approximate surface area is 114 Å². The van der Waals surface area contributed by atoms with Crippen LogP contribution in [0.1, 0.15) is 5.56 Å². The van der Waals surface area contributed by atoms with E-state index in [0.29, 0.717) is 23.2 Å². The molecule has 0 radical (unpaired) electrons. The molecule has 0 aromatic heterocycles. The first kappa shape index (κ1) is 12.9. The number of benzene rings is 2. The molecule has 2 rings (SSSR count). The Kier molecular flexibility index (Phi) is 4.20. The maximum absolute atomic E-state index is 13.2. The molecule has 18 heavy (non-hydrogen) atoms. The van der Waals surface area contributed by atoms with E-state index in [2.05, 4.69) is 15.9 Å². The molecule has 94 valence electrons. The van der Waals surface area contributed by atoms with Gasteiger partial charge in [0.15, 0.2) is 0 Å². The normalized spacial score (nSPS) is 10.3. The number of rotatable bonds is 4. The van der Waals surface area contributed by atoms with Crippen LogP contribution in [0.25, 0.3) is 0 Å². The summed E-state index contributed by atoms with van der Waals surface area (Å²) in [5, 5.41) is 0. The van der Waals surface area contributed by atoms with E-state index in [4.69, 9.17) is 10.5 Å². The van der Waals surface area contributed by atoms with E-state index in [1.54, 1.807) is 12.1 Å². The van der Waals surface area contributed by atoms with Gasteiger partial charge >= 0.3 is 0 Å². The fourth-order valence-corrected chi connectivity index (χ4v) is 1.85. The van der Waals surface area contributed by atoms with Crippen molar-refractivity contribution in [3.05, 3.63) is 58.3 Å². The van der Waals surface area contributed by atoms with Crippen molar-refractivity contribution in [3.8, 4) is 5.75 Å². The Bertz CT molecular complexity index is 545. The molecule has 0 aliphatic carbocycles. The van der Waals surface area contributed by atoms with Crippen LogP contribution in [-0.2, 0) is 6.42 Å². The summed E-state index contributed by atoms with van der Waals surface area (Å²) in [4.78, 5) is 0. The first-order valence-electron chi connectivity index (χ1n) is 5.58. The molecule has 0 aliphatic rings. The molecule has 0 saturated carbocycles. The average molecular weight is 310 g/mol. The molecular formula is C14H13BrFNO. The molecule has 0 atom stereocenters. The van der Waals surface area contributed by atoms with Crippen molar-refractivity contribution < 1.29 is 9.13 Å². The van der Waals surface area contributed by atoms with E-state index < -0.39 is 0 Å². The van der Waals surface area contributed by atoms with E-state index >= 15 is 0 Å². The van der Waals surface area contributed by atoms with Crippen LogP contribution in [0.2, 0.25) is 0 Å². The second-order valence-electron chi connectivity index (χ2n) is 3.87. The van der Waals surface area contributed by atoms with Crippen LogP contribution >= 0.6 is 15.9 Å². The minimum absolute atomic E-state index is 0.327. The smallest absolute Gasteiger partial charge is 0.141 e. The summed E-state index contributed by atoms with van der Waals surface area (Å²) < 4.78 is 19.2. The summed E-state index contributed by atoms with van der Waals surface area (Å²) in [6.07, 6.45) is 0.699. The number of ether oxygens (including phenoxy) is 1. The molecular weight excluding hydrogens is 297 g/mol. The molecule has 0 unspecified atom stereocenters. The summed E-state index contributed by atoms with van der Waals surface area (Å²) in [7, 11) is 0. The molecule has 0 aliphatic heterocycles. The molecule has 0 amide bonds. The van der Waals surface area contributed by atoms with Gasteiger partial charge in [0.2, 0.25) is 0 Å². The molecule has 2 N–H and O–H groups in total. The van der Waals surface area contributed by atoms with Crippen LogP contribution in [0.15, 0.2) is 46.9 Å². The zero-order chi connectivity index (χ0) is 13.0. The number of nitrogens with two attached hydrogens (primary N) is 1. The third-order valence-electron chi connectivity index (χ3n) is 2.59. The highest BCUT2D eigenvalue weighted by Crippen LogP contribution is 2.21. The Morgan fingerprint density at radius 2 is 1.94 bits per heavy atom. The molecule has 4 heteroatoms. The fraction of sp³-hybridized carbons (Fsp3) is 0.143. The van der Waals surface area contributed by atoms with Gasteiger partial charge in [0.25, 0.3) is 0 Å². The largest absolute Gasteiger partial charge is 0.493 e. The second-order valence-corrected chi connectivity index (χ2v) is 4.73. The Balaban J connectivity index is 1.92. The van der Waals surface area contributed by atoms with Gasteiger partial charge in [-0.3, -0.25) is 0 Å². The number of hydrogen-bond donors (Lipinski definition) is 1. The van der Waals surface area contributed by atoms with Gasteiger partial charge in [-0.05, 0) is 39.7 Å². The van der Waals surface area contributed by atoms with E-state index in [0.717, 1.165) is 11.3 Å². The lowest BCUT2D eigenvalue weighted by Gasteiger charge is -2.08. The minimum Gasteiger partial charge on any atom is -0.493 e. The minimum atomic E-state index is -0.327. The summed E-state index contributed by atoms with van der Waals surface area (Å²) >= 11 is 3.10. The fourth-order valence-electron chi connectivity index (χ4n) is 1.61. The van der Waals surface area contributed by atoms with Crippen LogP contribution < -0.4 is 10.5 Å². The van der Waals surface area contributed by atoms with Crippen LogP contribution in [0.3, 0.4) is 0 Å². The van der Waals surface area contributed by atoms with Gasteiger partial charge in [0.05, 0.1) is 11.1 Å². The number of nitrogen functional groups attached to an aromatic ring is 1. The van der Waals surface area contributed by atoms with Crippen LogP contribution in [0.5, 0.6) is 5.75 Å². The zero-order valence-corrected chi connectivity index (χ0v) is 11.3. The average Bonchev–Trinajstić information content (AvgIpc) is 2.36. The van der Waals surface area contributed by atoms with E-state index in [1.807, 2.05) is 24.3 Å². The monoisotopic (exact) mass is 309 g/mol. The highest BCUT2D eigenvalue weighted by molar-refractivity contribution is 9.10. The van der Waals surface area contributed by atoms with Crippen LogP contribution in [0, 0.1) is 5.82 Å². The Morgan fingerprint density at radius 1 is 1.17 bits per heavy atom. The van der Waals surface area contributed by atoms with E-state index in [-0.39, 0.29) is 5.82 Å². The molecule has 0 heterocycles. The van der Waals surface area contributed by atoms with Crippen molar-refractivity contribution in [2.24, 2.45) is 0 Å². The quantitative estimate of drug-likeness (QED) is 0.872. The van der Waals surface area contributed by atoms with Gasteiger partial charge in [0, 0.05) is 18.2 Å². The third-order valence-corrected chi connectivity index (χ3v) is 3.23. The molecule has 0 bridgehead atoms. The standard InChI is InChI=1S/C14H13BrFNO/c15-12-6-5-11(9-13(12)16)18-8-7-10-3-1-2-4-14(10)17/h1-6,9H,7-8,17H2. The van der Waals surface area contributed by atoms with Crippen molar-refractivity contribution >= 4 is 21.6 Å². The number of halogens is 2. The van der Waals surface area contributed by atoms with Crippen LogP contribution in [-0.4, -0.2) is 6.61 Å². The van der Waals surface area contributed by atoms with Gasteiger partial charge in [-0.2, -0.15) is 0 Å². The second kappa shape index (κ2) is 5.87. The Morgan fingerprint density at radius 3 is 2.67 bits per heavy atom. The van der Waals surface area contributed by atoms with Crippen molar-refractivity contribution in [2.75, 3.05) is 12.3 Å². The van der Waals surface area contributed by atoms with Gasteiger partial charge in [-0.1, -0.05) is 18.2 Å². The lowest BCUT2D eigenvalue weighted by atomic mass is 10.1. The van der Waals surface area contributed by atoms with Gasteiger partial charge in [-0.15, -0.1) is 0 Å². The summed E-state index contributed by atoms with van der Waals surface area (Å²) in [5.74, 6) is 0.192. The molecule has 2 aromatic carbocycles. The molecule has 2 nitrogen and oxygen atoms in total. The first-order valence-corrected chi connectivity index (χ1v) is 6.37.